The highest BCUT2D eigenvalue weighted by atomic mass is 19.4. The average Bonchev–Trinajstić information content (AvgIpc) is 2.46. The topological polar surface area (TPSA) is 50.4 Å². The third-order valence-electron chi connectivity index (χ3n) is 3.31. The highest BCUT2D eigenvalue weighted by Gasteiger charge is 2.30. The molecule has 1 unspecified atom stereocenters. The lowest BCUT2D eigenvalue weighted by Gasteiger charge is -2.22. The van der Waals surface area contributed by atoms with Crippen LogP contribution < -0.4 is 10.6 Å². The van der Waals surface area contributed by atoms with Crippen molar-refractivity contribution in [2.45, 2.75) is 19.0 Å². The number of halogens is 3. The lowest BCUT2D eigenvalue weighted by atomic mass is 10.0. The van der Waals surface area contributed by atoms with Crippen molar-refractivity contribution in [3.63, 3.8) is 0 Å². The van der Waals surface area contributed by atoms with Gasteiger partial charge < -0.3 is 10.1 Å². The van der Waals surface area contributed by atoms with Gasteiger partial charge in [-0.1, -0.05) is 0 Å². The zero-order valence-corrected chi connectivity index (χ0v) is 11.4. The molecule has 0 aromatic heterocycles. The molecule has 1 aliphatic heterocycles. The van der Waals surface area contributed by atoms with Crippen molar-refractivity contribution in [1.82, 2.24) is 5.32 Å². The second kappa shape index (κ2) is 6.80. The molecule has 2 N–H and O–H groups in total. The van der Waals surface area contributed by atoms with Crippen LogP contribution in [0.3, 0.4) is 0 Å². The van der Waals surface area contributed by atoms with Gasteiger partial charge in [0.05, 0.1) is 12.2 Å². The van der Waals surface area contributed by atoms with Crippen LogP contribution in [0.15, 0.2) is 24.3 Å². The van der Waals surface area contributed by atoms with Gasteiger partial charge in [-0.2, -0.15) is 13.2 Å². The summed E-state index contributed by atoms with van der Waals surface area (Å²) >= 11 is 0. The monoisotopic (exact) mass is 302 g/mol. The largest absolute Gasteiger partial charge is 0.449 e. The Balaban J connectivity index is 1.79. The van der Waals surface area contributed by atoms with Crippen LogP contribution in [0.4, 0.5) is 23.7 Å². The Morgan fingerprint density at radius 1 is 1.33 bits per heavy atom. The number of amides is 1. The van der Waals surface area contributed by atoms with Gasteiger partial charge >= 0.3 is 12.3 Å². The number of hydrogen-bond acceptors (Lipinski definition) is 3. The Bertz CT molecular complexity index is 468. The maximum atomic E-state index is 12.4. The zero-order valence-electron chi connectivity index (χ0n) is 11.4. The zero-order chi connectivity index (χ0) is 15.3. The van der Waals surface area contributed by atoms with Gasteiger partial charge in [0.2, 0.25) is 0 Å². The fourth-order valence-corrected chi connectivity index (χ4v) is 2.16. The van der Waals surface area contributed by atoms with Crippen LogP contribution in [0.25, 0.3) is 0 Å². The number of carbonyl (C=O) groups is 1. The van der Waals surface area contributed by atoms with E-state index in [-0.39, 0.29) is 11.6 Å². The minimum Gasteiger partial charge on any atom is -0.449 e. The van der Waals surface area contributed by atoms with Crippen LogP contribution in [0.2, 0.25) is 0 Å². The van der Waals surface area contributed by atoms with E-state index < -0.39 is 17.8 Å². The molecule has 0 aliphatic carbocycles. The number of hydrogen-bond donors (Lipinski definition) is 2. The van der Waals surface area contributed by atoms with Crippen LogP contribution >= 0.6 is 0 Å². The van der Waals surface area contributed by atoms with Gasteiger partial charge in [0.1, 0.15) is 0 Å². The van der Waals surface area contributed by atoms with E-state index >= 15 is 0 Å². The third kappa shape index (κ3) is 4.93. The van der Waals surface area contributed by atoms with E-state index in [0.29, 0.717) is 6.61 Å². The summed E-state index contributed by atoms with van der Waals surface area (Å²) in [5.41, 5.74) is -0.482. The van der Waals surface area contributed by atoms with Crippen molar-refractivity contribution >= 4 is 11.8 Å². The van der Waals surface area contributed by atoms with E-state index in [4.69, 9.17) is 4.74 Å². The second-order valence-corrected chi connectivity index (χ2v) is 5.01. The predicted molar refractivity (Wildman–Crippen MR) is 72.0 cm³/mol. The first kappa shape index (κ1) is 15.6. The molecule has 21 heavy (non-hydrogen) atoms. The van der Waals surface area contributed by atoms with Gasteiger partial charge in [-0.15, -0.1) is 0 Å². The molecule has 0 radical (unpaired) electrons. The Labute approximate surface area is 120 Å². The summed E-state index contributed by atoms with van der Waals surface area (Å²) in [5.74, 6) is 0.289. The van der Waals surface area contributed by atoms with Crippen molar-refractivity contribution in [2.24, 2.45) is 5.92 Å². The van der Waals surface area contributed by atoms with E-state index in [1.54, 1.807) is 0 Å². The summed E-state index contributed by atoms with van der Waals surface area (Å²) in [5, 5.41) is 5.62. The Morgan fingerprint density at radius 3 is 2.62 bits per heavy atom. The maximum absolute atomic E-state index is 12.4. The molecule has 1 saturated heterocycles. The summed E-state index contributed by atoms with van der Waals surface area (Å²) in [7, 11) is 0. The van der Waals surface area contributed by atoms with Crippen molar-refractivity contribution in [1.29, 1.82) is 0 Å². The smallest absolute Gasteiger partial charge is 0.416 e. The first-order valence-corrected chi connectivity index (χ1v) is 6.77. The molecular formula is C14H17F3N2O2. The predicted octanol–water partition coefficient (Wildman–Crippen LogP) is 3.25. The van der Waals surface area contributed by atoms with Gasteiger partial charge in [0.25, 0.3) is 0 Å². The molecule has 1 aromatic rings. The fraction of sp³-hybridized carbons (Fsp3) is 0.500. The lowest BCUT2D eigenvalue weighted by molar-refractivity contribution is -0.137. The quantitative estimate of drug-likeness (QED) is 0.901. The molecule has 1 amide bonds. The molecule has 1 fully saturated rings. The molecule has 4 nitrogen and oxygen atoms in total. The van der Waals surface area contributed by atoms with Crippen LogP contribution in [0.5, 0.6) is 0 Å². The van der Waals surface area contributed by atoms with E-state index in [9.17, 15) is 18.0 Å². The summed E-state index contributed by atoms with van der Waals surface area (Å²) in [4.78, 5) is 11.6. The number of ether oxygens (including phenoxy) is 1. The normalized spacial score (nSPS) is 19.1. The Morgan fingerprint density at radius 2 is 2.05 bits per heavy atom. The molecule has 0 spiro atoms. The molecule has 2 rings (SSSR count). The molecule has 1 atom stereocenters. The molecule has 0 saturated carbocycles. The van der Waals surface area contributed by atoms with Crippen LogP contribution in [0.1, 0.15) is 18.4 Å². The molecule has 116 valence electrons. The summed E-state index contributed by atoms with van der Waals surface area (Å²) in [6.07, 6.45) is -2.98. The molecule has 1 heterocycles. The van der Waals surface area contributed by atoms with Crippen LogP contribution in [-0.4, -0.2) is 25.8 Å². The minimum atomic E-state index is -4.38. The van der Waals surface area contributed by atoms with Gasteiger partial charge in [-0.25, -0.2) is 4.79 Å². The number of nitrogens with one attached hydrogen (secondary N) is 2. The van der Waals surface area contributed by atoms with Crippen molar-refractivity contribution < 1.29 is 22.7 Å². The first-order valence-electron chi connectivity index (χ1n) is 6.77. The van der Waals surface area contributed by atoms with E-state index in [0.717, 1.165) is 38.1 Å². The van der Waals surface area contributed by atoms with Crippen molar-refractivity contribution in [3.05, 3.63) is 29.8 Å². The molecule has 7 heteroatoms. The lowest BCUT2D eigenvalue weighted by Crippen LogP contribution is -2.33. The van der Waals surface area contributed by atoms with Crippen molar-refractivity contribution in [3.8, 4) is 0 Å². The van der Waals surface area contributed by atoms with Crippen molar-refractivity contribution in [2.75, 3.05) is 25.0 Å². The molecule has 1 aromatic carbocycles. The minimum absolute atomic E-state index is 0.273. The number of alkyl halides is 3. The van der Waals surface area contributed by atoms with Gasteiger partial charge in [-0.05, 0) is 43.7 Å². The number of anilines is 1. The molecule has 1 aliphatic rings. The summed E-state index contributed by atoms with van der Waals surface area (Å²) in [6, 6.07) is 4.24. The van der Waals surface area contributed by atoms with Crippen LogP contribution in [-0.2, 0) is 10.9 Å². The Hall–Kier alpha value is -1.76. The number of rotatable bonds is 3. The van der Waals surface area contributed by atoms with Crippen LogP contribution in [0, 0.1) is 5.92 Å². The third-order valence-corrected chi connectivity index (χ3v) is 3.31. The standard InChI is InChI=1S/C14H17F3N2O2/c15-14(16,17)11-3-5-12(6-4-11)19-13(20)21-9-10-2-1-7-18-8-10/h3-6,10,18H,1-2,7-9H2,(H,19,20). The van der Waals surface area contributed by atoms with Gasteiger partial charge in [-0.3, -0.25) is 5.32 Å². The second-order valence-electron chi connectivity index (χ2n) is 5.01. The van der Waals surface area contributed by atoms with E-state index in [2.05, 4.69) is 10.6 Å². The van der Waals surface area contributed by atoms with Gasteiger partial charge in [0.15, 0.2) is 0 Å². The maximum Gasteiger partial charge on any atom is 0.416 e. The SMILES string of the molecule is O=C(Nc1ccc(C(F)(F)F)cc1)OCC1CCCNC1. The number of benzene rings is 1. The number of carbonyl (C=O) groups excluding carboxylic acids is 1. The summed E-state index contributed by atoms with van der Waals surface area (Å²) in [6.45, 7) is 2.10. The van der Waals surface area contributed by atoms with E-state index in [1.807, 2.05) is 0 Å². The van der Waals surface area contributed by atoms with Gasteiger partial charge in [0, 0.05) is 18.2 Å². The fourth-order valence-electron chi connectivity index (χ4n) is 2.16. The summed E-state index contributed by atoms with van der Waals surface area (Å²) < 4.78 is 42.2. The van der Waals surface area contributed by atoms with E-state index in [1.165, 1.54) is 12.1 Å². The number of piperidine rings is 1. The Kier molecular flexibility index (Phi) is 5.06. The highest BCUT2D eigenvalue weighted by Crippen LogP contribution is 2.29. The first-order chi connectivity index (χ1) is 9.95. The average molecular weight is 302 g/mol. The highest BCUT2D eigenvalue weighted by molar-refractivity contribution is 5.84. The molecular weight excluding hydrogens is 285 g/mol. The molecule has 0 bridgehead atoms.